The fraction of sp³-hybridized carbons (Fsp3) is 0.700. The Hall–Kier alpha value is -0.830. The molecule has 1 heterocycles. The van der Waals surface area contributed by atoms with Crippen LogP contribution in [0.1, 0.15) is 38.4 Å². The Balaban J connectivity index is 1.88. The fourth-order valence-electron chi connectivity index (χ4n) is 1.30. The Bertz CT molecular complexity index is 273. The molecule has 0 amide bonds. The summed E-state index contributed by atoms with van der Waals surface area (Å²) in [5, 5.41) is 7.91. The van der Waals surface area contributed by atoms with Gasteiger partial charge in [-0.05, 0) is 32.8 Å². The maximum absolute atomic E-state index is 4.46. The van der Waals surface area contributed by atoms with Crippen LogP contribution in [-0.4, -0.2) is 15.8 Å². The average Bonchev–Trinajstić information content (AvgIpc) is 2.79. The number of nitrogens with one attached hydrogen (secondary N) is 1. The van der Waals surface area contributed by atoms with Crippen molar-refractivity contribution in [1.29, 1.82) is 0 Å². The molecule has 0 saturated heterocycles. The van der Waals surface area contributed by atoms with Gasteiger partial charge < -0.3 is 5.32 Å². The van der Waals surface area contributed by atoms with Gasteiger partial charge in [-0.3, -0.25) is 4.68 Å². The van der Waals surface area contributed by atoms with E-state index in [1.54, 1.807) is 0 Å². The van der Waals surface area contributed by atoms with Gasteiger partial charge in [-0.2, -0.15) is 5.10 Å². The van der Waals surface area contributed by atoms with Gasteiger partial charge in [0.1, 0.15) is 0 Å². The second-order valence-electron chi connectivity index (χ2n) is 4.04. The standard InChI is InChI=1S/C10H17N3/c1-8(2)13-6-5-10(12-13)7-11-9-3-4-9/h5-6,8-9,11H,3-4,7H2,1-2H3. The number of rotatable bonds is 4. The smallest absolute Gasteiger partial charge is 0.0762 e. The Morgan fingerprint density at radius 1 is 1.62 bits per heavy atom. The molecule has 0 radical (unpaired) electrons. The maximum atomic E-state index is 4.46. The summed E-state index contributed by atoms with van der Waals surface area (Å²) in [7, 11) is 0. The van der Waals surface area contributed by atoms with Gasteiger partial charge in [0.2, 0.25) is 0 Å². The minimum absolute atomic E-state index is 0.467. The number of aromatic nitrogens is 2. The van der Waals surface area contributed by atoms with Crippen molar-refractivity contribution in [3.63, 3.8) is 0 Å². The SMILES string of the molecule is CC(C)n1ccc(CNC2CC2)n1. The van der Waals surface area contributed by atoms with Crippen LogP contribution < -0.4 is 5.32 Å². The van der Waals surface area contributed by atoms with E-state index in [-0.39, 0.29) is 0 Å². The van der Waals surface area contributed by atoms with Gasteiger partial charge in [0.25, 0.3) is 0 Å². The van der Waals surface area contributed by atoms with Crippen LogP contribution in [0.4, 0.5) is 0 Å². The molecule has 1 aromatic rings. The first-order valence-corrected chi connectivity index (χ1v) is 5.03. The first kappa shape index (κ1) is 8.75. The summed E-state index contributed by atoms with van der Waals surface area (Å²) >= 11 is 0. The van der Waals surface area contributed by atoms with Crippen LogP contribution in [0.2, 0.25) is 0 Å². The highest BCUT2D eigenvalue weighted by atomic mass is 15.3. The lowest BCUT2D eigenvalue weighted by Crippen LogP contribution is -2.16. The second-order valence-corrected chi connectivity index (χ2v) is 4.04. The Kier molecular flexibility index (Phi) is 2.36. The van der Waals surface area contributed by atoms with E-state index in [9.17, 15) is 0 Å². The van der Waals surface area contributed by atoms with Crippen LogP contribution in [-0.2, 0) is 6.54 Å². The molecule has 3 nitrogen and oxygen atoms in total. The summed E-state index contributed by atoms with van der Waals surface area (Å²) in [6.07, 6.45) is 4.73. The van der Waals surface area contributed by atoms with Crippen molar-refractivity contribution < 1.29 is 0 Å². The van der Waals surface area contributed by atoms with E-state index >= 15 is 0 Å². The van der Waals surface area contributed by atoms with Gasteiger partial charge in [-0.15, -0.1) is 0 Å². The van der Waals surface area contributed by atoms with E-state index in [1.165, 1.54) is 12.8 Å². The minimum Gasteiger partial charge on any atom is -0.308 e. The highest BCUT2D eigenvalue weighted by molar-refractivity contribution is 5.00. The number of hydrogen-bond acceptors (Lipinski definition) is 2. The minimum atomic E-state index is 0.467. The predicted octanol–water partition coefficient (Wildman–Crippen LogP) is 1.72. The van der Waals surface area contributed by atoms with Crippen molar-refractivity contribution in [2.24, 2.45) is 0 Å². The molecule has 3 heteroatoms. The first-order chi connectivity index (χ1) is 6.25. The lowest BCUT2D eigenvalue weighted by Gasteiger charge is -2.03. The van der Waals surface area contributed by atoms with Gasteiger partial charge in [-0.1, -0.05) is 0 Å². The fourth-order valence-corrected chi connectivity index (χ4v) is 1.30. The molecule has 13 heavy (non-hydrogen) atoms. The first-order valence-electron chi connectivity index (χ1n) is 5.03. The normalized spacial score (nSPS) is 16.8. The van der Waals surface area contributed by atoms with Crippen LogP contribution in [0, 0.1) is 0 Å². The molecule has 1 saturated carbocycles. The average molecular weight is 179 g/mol. The lowest BCUT2D eigenvalue weighted by molar-refractivity contribution is 0.521. The monoisotopic (exact) mass is 179 g/mol. The van der Waals surface area contributed by atoms with E-state index in [2.05, 4.69) is 36.5 Å². The quantitative estimate of drug-likeness (QED) is 0.762. The maximum Gasteiger partial charge on any atom is 0.0762 e. The van der Waals surface area contributed by atoms with Crippen molar-refractivity contribution in [3.05, 3.63) is 18.0 Å². The van der Waals surface area contributed by atoms with Crippen molar-refractivity contribution >= 4 is 0 Å². The third-order valence-electron chi connectivity index (χ3n) is 2.34. The number of nitrogens with zero attached hydrogens (tertiary/aromatic N) is 2. The van der Waals surface area contributed by atoms with Gasteiger partial charge >= 0.3 is 0 Å². The predicted molar refractivity (Wildman–Crippen MR) is 52.5 cm³/mol. The molecule has 0 spiro atoms. The zero-order valence-electron chi connectivity index (χ0n) is 8.33. The van der Waals surface area contributed by atoms with Crippen LogP contribution >= 0.6 is 0 Å². The van der Waals surface area contributed by atoms with Crippen LogP contribution in [0.5, 0.6) is 0 Å². The molecule has 1 aromatic heterocycles. The molecular weight excluding hydrogens is 162 g/mol. The van der Waals surface area contributed by atoms with Crippen molar-refractivity contribution in [1.82, 2.24) is 15.1 Å². The summed E-state index contributed by atoms with van der Waals surface area (Å²) in [6, 6.07) is 3.33. The van der Waals surface area contributed by atoms with Crippen LogP contribution in [0.3, 0.4) is 0 Å². The molecular formula is C10H17N3. The van der Waals surface area contributed by atoms with E-state index in [0.29, 0.717) is 6.04 Å². The third-order valence-corrected chi connectivity index (χ3v) is 2.34. The highest BCUT2D eigenvalue weighted by Crippen LogP contribution is 2.19. The van der Waals surface area contributed by atoms with E-state index < -0.39 is 0 Å². The molecule has 1 fully saturated rings. The van der Waals surface area contributed by atoms with E-state index in [1.807, 2.05) is 4.68 Å². The summed E-state index contributed by atoms with van der Waals surface area (Å²) in [5.41, 5.74) is 1.15. The molecule has 0 aromatic carbocycles. The molecule has 72 valence electrons. The molecule has 0 aliphatic heterocycles. The highest BCUT2D eigenvalue weighted by Gasteiger charge is 2.20. The zero-order chi connectivity index (χ0) is 9.26. The van der Waals surface area contributed by atoms with Gasteiger partial charge in [-0.25, -0.2) is 0 Å². The van der Waals surface area contributed by atoms with Gasteiger partial charge in [0.05, 0.1) is 5.69 Å². The molecule has 1 N–H and O–H groups in total. The largest absolute Gasteiger partial charge is 0.308 e. The topological polar surface area (TPSA) is 29.9 Å². The molecule has 0 atom stereocenters. The molecule has 1 aliphatic carbocycles. The van der Waals surface area contributed by atoms with E-state index in [4.69, 9.17) is 0 Å². The molecule has 1 aliphatic rings. The van der Waals surface area contributed by atoms with Crippen molar-refractivity contribution in [2.45, 2.75) is 45.3 Å². The van der Waals surface area contributed by atoms with Crippen LogP contribution in [0.15, 0.2) is 12.3 Å². The summed E-state index contributed by atoms with van der Waals surface area (Å²) in [5.74, 6) is 0. The van der Waals surface area contributed by atoms with Gasteiger partial charge in [0, 0.05) is 24.8 Å². The van der Waals surface area contributed by atoms with Crippen molar-refractivity contribution in [3.8, 4) is 0 Å². The Labute approximate surface area is 79.1 Å². The Morgan fingerprint density at radius 3 is 2.92 bits per heavy atom. The molecule has 0 unspecified atom stereocenters. The summed E-state index contributed by atoms with van der Waals surface area (Å²) in [6.45, 7) is 5.21. The van der Waals surface area contributed by atoms with Crippen molar-refractivity contribution in [2.75, 3.05) is 0 Å². The van der Waals surface area contributed by atoms with Crippen LogP contribution in [0.25, 0.3) is 0 Å². The molecule has 2 rings (SSSR count). The molecule has 0 bridgehead atoms. The zero-order valence-corrected chi connectivity index (χ0v) is 8.33. The second kappa shape index (κ2) is 3.50. The number of hydrogen-bond donors (Lipinski definition) is 1. The summed E-state index contributed by atoms with van der Waals surface area (Å²) in [4.78, 5) is 0. The van der Waals surface area contributed by atoms with E-state index in [0.717, 1.165) is 18.3 Å². The van der Waals surface area contributed by atoms with Gasteiger partial charge in [0.15, 0.2) is 0 Å². The summed E-state index contributed by atoms with van der Waals surface area (Å²) < 4.78 is 2.00. The Morgan fingerprint density at radius 2 is 2.38 bits per heavy atom. The third kappa shape index (κ3) is 2.31. The lowest BCUT2D eigenvalue weighted by atomic mass is 10.4.